The lowest BCUT2D eigenvalue weighted by Crippen LogP contribution is -2.41. The van der Waals surface area contributed by atoms with Crippen LogP contribution in [0.15, 0.2) is 0 Å². The maximum absolute atomic E-state index is 12.2. The lowest BCUT2D eigenvalue weighted by atomic mass is 10.2. The van der Waals surface area contributed by atoms with E-state index in [1.54, 1.807) is 6.92 Å². The molecule has 0 rings (SSSR count). The van der Waals surface area contributed by atoms with Gasteiger partial charge in [-0.1, -0.05) is 6.92 Å². The van der Waals surface area contributed by atoms with Gasteiger partial charge in [-0.05, 0) is 26.4 Å². The fraction of sp³-hybridized carbons (Fsp3) is 0.900. The van der Waals surface area contributed by atoms with Crippen molar-refractivity contribution in [1.82, 2.24) is 10.2 Å². The molecule has 17 heavy (non-hydrogen) atoms. The molecule has 102 valence electrons. The van der Waals surface area contributed by atoms with Crippen LogP contribution >= 0.6 is 0 Å². The van der Waals surface area contributed by atoms with E-state index in [1.165, 1.54) is 11.9 Å². The van der Waals surface area contributed by atoms with Crippen molar-refractivity contribution in [3.63, 3.8) is 0 Å². The van der Waals surface area contributed by atoms with Crippen molar-refractivity contribution < 1.29 is 23.1 Å². The summed E-state index contributed by atoms with van der Waals surface area (Å²) in [5.74, 6) is -1.05. The first-order valence-electron chi connectivity index (χ1n) is 5.49. The molecule has 0 fully saturated rings. The maximum atomic E-state index is 12.2. The summed E-state index contributed by atoms with van der Waals surface area (Å²) in [5.41, 5.74) is 0. The average Bonchev–Trinajstić information content (AvgIpc) is 2.15. The molecule has 0 amide bonds. The zero-order valence-corrected chi connectivity index (χ0v) is 10.0. The zero-order valence-electron chi connectivity index (χ0n) is 10.0. The molecule has 0 aliphatic heterocycles. The quantitative estimate of drug-likeness (QED) is 0.688. The highest BCUT2D eigenvalue weighted by atomic mass is 19.4. The Kier molecular flexibility index (Phi) is 7.13. The number of carboxylic acid groups (broad SMARTS) is 1. The van der Waals surface area contributed by atoms with Crippen LogP contribution in [-0.4, -0.2) is 54.9 Å². The predicted molar refractivity (Wildman–Crippen MR) is 57.9 cm³/mol. The van der Waals surface area contributed by atoms with Gasteiger partial charge in [0.2, 0.25) is 0 Å². The van der Waals surface area contributed by atoms with Crippen molar-refractivity contribution in [2.24, 2.45) is 0 Å². The number of aliphatic carboxylic acids is 1. The topological polar surface area (TPSA) is 52.6 Å². The summed E-state index contributed by atoms with van der Waals surface area (Å²) in [4.78, 5) is 11.9. The minimum absolute atomic E-state index is 0.116. The van der Waals surface area contributed by atoms with Gasteiger partial charge in [-0.25, -0.2) is 0 Å². The van der Waals surface area contributed by atoms with Gasteiger partial charge in [0, 0.05) is 6.54 Å². The Balaban J connectivity index is 4.20. The Morgan fingerprint density at radius 3 is 2.35 bits per heavy atom. The highest BCUT2D eigenvalue weighted by Gasteiger charge is 2.30. The van der Waals surface area contributed by atoms with E-state index in [9.17, 15) is 18.0 Å². The van der Waals surface area contributed by atoms with Gasteiger partial charge in [0.15, 0.2) is 0 Å². The summed E-state index contributed by atoms with van der Waals surface area (Å²) >= 11 is 0. The second kappa shape index (κ2) is 7.50. The van der Waals surface area contributed by atoms with Crippen LogP contribution in [0.25, 0.3) is 0 Å². The molecule has 0 aromatic rings. The van der Waals surface area contributed by atoms with Crippen molar-refractivity contribution in [2.45, 2.75) is 32.0 Å². The SMILES string of the molecule is CCCN(CCC(NC)C(=O)O)CC(F)(F)F. The van der Waals surface area contributed by atoms with Crippen LogP contribution in [0, 0.1) is 0 Å². The van der Waals surface area contributed by atoms with Gasteiger partial charge in [0.05, 0.1) is 6.54 Å². The summed E-state index contributed by atoms with van der Waals surface area (Å²) in [5, 5.41) is 11.3. The lowest BCUT2D eigenvalue weighted by molar-refractivity contribution is -0.146. The number of nitrogens with zero attached hydrogens (tertiary/aromatic N) is 1. The number of carboxylic acids is 1. The van der Waals surface area contributed by atoms with Crippen molar-refractivity contribution in [3.05, 3.63) is 0 Å². The Bertz CT molecular complexity index is 234. The number of hydrogen-bond donors (Lipinski definition) is 2. The molecule has 1 atom stereocenters. The van der Waals surface area contributed by atoms with Crippen molar-refractivity contribution in [1.29, 1.82) is 0 Å². The second-order valence-electron chi connectivity index (χ2n) is 3.86. The molecule has 0 aromatic carbocycles. The smallest absolute Gasteiger partial charge is 0.401 e. The Morgan fingerprint density at radius 2 is 2.00 bits per heavy atom. The summed E-state index contributed by atoms with van der Waals surface area (Å²) in [7, 11) is 1.48. The molecule has 0 spiro atoms. The molecule has 0 aromatic heterocycles. The van der Waals surface area contributed by atoms with Crippen LogP contribution in [0.2, 0.25) is 0 Å². The van der Waals surface area contributed by atoms with Gasteiger partial charge in [0.1, 0.15) is 6.04 Å². The van der Waals surface area contributed by atoms with Gasteiger partial charge >= 0.3 is 12.1 Å². The van der Waals surface area contributed by atoms with Gasteiger partial charge < -0.3 is 10.4 Å². The molecule has 0 aliphatic rings. The summed E-state index contributed by atoms with van der Waals surface area (Å²) in [6.45, 7) is 1.23. The molecule has 0 aliphatic carbocycles. The van der Waals surface area contributed by atoms with Crippen LogP contribution < -0.4 is 5.32 Å². The number of halogens is 3. The van der Waals surface area contributed by atoms with Crippen molar-refractivity contribution >= 4 is 5.97 Å². The van der Waals surface area contributed by atoms with Gasteiger partial charge in [-0.3, -0.25) is 9.69 Å². The van der Waals surface area contributed by atoms with Crippen LogP contribution in [0.1, 0.15) is 19.8 Å². The van der Waals surface area contributed by atoms with Crippen molar-refractivity contribution in [3.8, 4) is 0 Å². The summed E-state index contributed by atoms with van der Waals surface area (Å²) < 4.78 is 36.7. The molecule has 1 unspecified atom stereocenters. The predicted octanol–water partition coefficient (Wildman–Crippen LogP) is 1.32. The first-order valence-corrected chi connectivity index (χ1v) is 5.49. The van der Waals surface area contributed by atoms with Crippen LogP contribution in [0.4, 0.5) is 13.2 Å². The van der Waals surface area contributed by atoms with Gasteiger partial charge in [-0.2, -0.15) is 13.2 Å². The third kappa shape index (κ3) is 7.98. The van der Waals surface area contributed by atoms with Gasteiger partial charge in [0.25, 0.3) is 0 Å². The Morgan fingerprint density at radius 1 is 1.41 bits per heavy atom. The summed E-state index contributed by atoms with van der Waals surface area (Å²) in [6, 6.07) is -0.803. The number of nitrogens with one attached hydrogen (secondary N) is 1. The van der Waals surface area contributed by atoms with E-state index in [-0.39, 0.29) is 13.0 Å². The first kappa shape index (κ1) is 16.2. The number of rotatable bonds is 8. The molecule has 0 heterocycles. The second-order valence-corrected chi connectivity index (χ2v) is 3.86. The minimum atomic E-state index is -4.24. The number of alkyl halides is 3. The first-order chi connectivity index (χ1) is 7.80. The van der Waals surface area contributed by atoms with E-state index in [0.717, 1.165) is 0 Å². The largest absolute Gasteiger partial charge is 0.480 e. The van der Waals surface area contributed by atoms with E-state index < -0.39 is 24.7 Å². The Labute approximate surface area is 98.8 Å². The van der Waals surface area contributed by atoms with E-state index in [1.807, 2.05) is 0 Å². The van der Waals surface area contributed by atoms with E-state index in [4.69, 9.17) is 5.11 Å². The monoisotopic (exact) mass is 256 g/mol. The van der Waals surface area contributed by atoms with Crippen LogP contribution in [0.5, 0.6) is 0 Å². The van der Waals surface area contributed by atoms with Crippen LogP contribution in [-0.2, 0) is 4.79 Å². The molecular formula is C10H19F3N2O2. The zero-order chi connectivity index (χ0) is 13.5. The molecule has 0 saturated carbocycles. The number of likely N-dealkylation sites (N-methyl/N-ethyl adjacent to an activating group) is 1. The standard InChI is InChI=1S/C10H19F3N2O2/c1-3-5-15(7-10(11,12)13)6-4-8(14-2)9(16)17/h8,14H,3-7H2,1-2H3,(H,16,17). The minimum Gasteiger partial charge on any atom is -0.480 e. The molecule has 7 heteroatoms. The van der Waals surface area contributed by atoms with Gasteiger partial charge in [-0.15, -0.1) is 0 Å². The third-order valence-corrected chi connectivity index (χ3v) is 2.32. The third-order valence-electron chi connectivity index (χ3n) is 2.32. The molecular weight excluding hydrogens is 237 g/mol. The molecule has 2 N–H and O–H groups in total. The highest BCUT2D eigenvalue weighted by molar-refractivity contribution is 5.73. The van der Waals surface area contributed by atoms with Crippen molar-refractivity contribution in [2.75, 3.05) is 26.7 Å². The highest BCUT2D eigenvalue weighted by Crippen LogP contribution is 2.17. The van der Waals surface area contributed by atoms with E-state index in [0.29, 0.717) is 13.0 Å². The normalized spacial score (nSPS) is 14.0. The van der Waals surface area contributed by atoms with Crippen LogP contribution in [0.3, 0.4) is 0 Å². The fourth-order valence-corrected chi connectivity index (χ4v) is 1.54. The number of carbonyl (C=O) groups is 1. The fourth-order valence-electron chi connectivity index (χ4n) is 1.54. The van der Waals surface area contributed by atoms with E-state index in [2.05, 4.69) is 5.32 Å². The van der Waals surface area contributed by atoms with E-state index >= 15 is 0 Å². The molecule has 0 radical (unpaired) electrons. The maximum Gasteiger partial charge on any atom is 0.401 e. The number of hydrogen-bond acceptors (Lipinski definition) is 3. The molecule has 4 nitrogen and oxygen atoms in total. The lowest BCUT2D eigenvalue weighted by Gasteiger charge is -2.24. The molecule has 0 saturated heterocycles. The summed E-state index contributed by atoms with van der Waals surface area (Å²) in [6.07, 6.45) is -3.48. The average molecular weight is 256 g/mol. The molecule has 0 bridgehead atoms. The Hall–Kier alpha value is -0.820.